The third-order valence-corrected chi connectivity index (χ3v) is 5.41. The van der Waals surface area contributed by atoms with E-state index in [0.29, 0.717) is 17.8 Å². The van der Waals surface area contributed by atoms with Crippen molar-refractivity contribution in [2.75, 3.05) is 26.2 Å². The largest absolute Gasteiger partial charge is 0.465 e. The monoisotopic (exact) mass is 368 g/mol. The fourth-order valence-electron chi connectivity index (χ4n) is 4.20. The number of hydrogen-bond acceptors (Lipinski definition) is 3. The lowest BCUT2D eigenvalue weighted by Crippen LogP contribution is -2.38. The lowest BCUT2D eigenvalue weighted by Gasteiger charge is -2.29. The molecule has 27 heavy (non-hydrogen) atoms. The highest BCUT2D eigenvalue weighted by Gasteiger charge is 2.35. The number of carbonyl (C=O) groups is 1. The summed E-state index contributed by atoms with van der Waals surface area (Å²) in [6, 6.07) is 14.8. The summed E-state index contributed by atoms with van der Waals surface area (Å²) in [6.07, 6.45) is 0. The maximum Gasteiger partial charge on any atom is 0.219 e. The number of likely N-dealkylation sites (tertiary alicyclic amines) is 1. The second kappa shape index (κ2) is 8.75. The molecule has 2 heterocycles. The van der Waals surface area contributed by atoms with Crippen molar-refractivity contribution in [2.45, 2.75) is 40.2 Å². The average Bonchev–Trinajstić information content (AvgIpc) is 3.21. The predicted octanol–water partition coefficient (Wildman–Crippen LogP) is 4.31. The molecule has 0 radical (unpaired) electrons. The number of nitrogens with zero attached hydrogens (tertiary/aromatic N) is 2. The molecule has 1 fully saturated rings. The van der Waals surface area contributed by atoms with E-state index in [4.69, 9.17) is 4.42 Å². The van der Waals surface area contributed by atoms with Crippen LogP contribution in [0.15, 0.2) is 46.9 Å². The Kier molecular flexibility index (Phi) is 6.38. The summed E-state index contributed by atoms with van der Waals surface area (Å²) in [5, 5.41) is 0. The Morgan fingerprint density at radius 3 is 2.52 bits per heavy atom. The Morgan fingerprint density at radius 1 is 1.19 bits per heavy atom. The molecule has 146 valence electrons. The number of carbonyl (C=O) groups excluding carboxylic acids is 1. The van der Waals surface area contributed by atoms with Crippen molar-refractivity contribution in [3.63, 3.8) is 0 Å². The van der Waals surface area contributed by atoms with Gasteiger partial charge in [-0.2, -0.15) is 0 Å². The van der Waals surface area contributed by atoms with Crippen LogP contribution < -0.4 is 0 Å². The van der Waals surface area contributed by atoms with Gasteiger partial charge in [0, 0.05) is 39.0 Å². The van der Waals surface area contributed by atoms with Gasteiger partial charge in [-0.25, -0.2) is 0 Å². The van der Waals surface area contributed by atoms with Crippen LogP contribution in [0, 0.1) is 18.8 Å². The van der Waals surface area contributed by atoms with Crippen LogP contribution in [0.1, 0.15) is 43.8 Å². The van der Waals surface area contributed by atoms with E-state index in [9.17, 15) is 4.79 Å². The molecule has 1 aliphatic rings. The third-order valence-electron chi connectivity index (χ3n) is 5.41. The van der Waals surface area contributed by atoms with Gasteiger partial charge in [0.1, 0.15) is 11.5 Å². The normalized spacial score (nSPS) is 20.3. The fraction of sp³-hybridized carbons (Fsp3) is 0.522. The fourth-order valence-corrected chi connectivity index (χ4v) is 4.20. The van der Waals surface area contributed by atoms with Crippen LogP contribution in [0.25, 0.3) is 0 Å². The van der Waals surface area contributed by atoms with Crippen LogP contribution in [0.5, 0.6) is 0 Å². The summed E-state index contributed by atoms with van der Waals surface area (Å²) in [5.74, 6) is 3.51. The van der Waals surface area contributed by atoms with Gasteiger partial charge in [-0.15, -0.1) is 0 Å². The molecule has 0 bridgehead atoms. The molecular weight excluding hydrogens is 336 g/mol. The second-order valence-electron chi connectivity index (χ2n) is 8.30. The molecule has 1 aromatic heterocycles. The van der Waals surface area contributed by atoms with Gasteiger partial charge in [-0.1, -0.05) is 44.2 Å². The van der Waals surface area contributed by atoms with Crippen LogP contribution in [-0.4, -0.2) is 41.9 Å². The Hall–Kier alpha value is -2.07. The van der Waals surface area contributed by atoms with Gasteiger partial charge in [0.05, 0.1) is 6.54 Å². The Morgan fingerprint density at radius 2 is 1.93 bits per heavy atom. The number of rotatable bonds is 7. The van der Waals surface area contributed by atoms with Gasteiger partial charge in [-0.05, 0) is 36.5 Å². The molecule has 4 heteroatoms. The number of hydrogen-bond donors (Lipinski definition) is 0. The first-order valence-electron chi connectivity index (χ1n) is 10.0. The zero-order valence-electron chi connectivity index (χ0n) is 17.0. The van der Waals surface area contributed by atoms with Crippen molar-refractivity contribution in [2.24, 2.45) is 11.8 Å². The maximum atomic E-state index is 12.2. The maximum absolute atomic E-state index is 12.2. The molecule has 3 rings (SSSR count). The highest BCUT2D eigenvalue weighted by Crippen LogP contribution is 2.34. The van der Waals surface area contributed by atoms with Crippen LogP contribution in [0.4, 0.5) is 0 Å². The Bertz CT molecular complexity index is 738. The quantitative estimate of drug-likeness (QED) is 0.731. The standard InChI is InChI=1S/C23H32N2O2/c1-17(2)12-25(19(4)26)14-21-13-24(15-22-11-10-18(3)27-22)16-23(21)20-8-6-5-7-9-20/h5-11,17,21,23H,12-16H2,1-4H3/t21-,23-/m0/s1. The Balaban J connectivity index is 1.76. The van der Waals surface area contributed by atoms with E-state index in [1.165, 1.54) is 5.56 Å². The zero-order valence-corrected chi connectivity index (χ0v) is 17.0. The highest BCUT2D eigenvalue weighted by molar-refractivity contribution is 5.73. The molecule has 2 atom stereocenters. The van der Waals surface area contributed by atoms with Crippen LogP contribution in [0.3, 0.4) is 0 Å². The third kappa shape index (κ3) is 5.23. The molecule has 1 amide bonds. The molecule has 4 nitrogen and oxygen atoms in total. The van der Waals surface area contributed by atoms with Gasteiger partial charge < -0.3 is 9.32 Å². The van der Waals surface area contributed by atoms with Crippen molar-refractivity contribution >= 4 is 5.91 Å². The Labute approximate surface area is 163 Å². The van der Waals surface area contributed by atoms with E-state index in [1.54, 1.807) is 6.92 Å². The first kappa shape index (κ1) is 19.7. The number of amides is 1. The van der Waals surface area contributed by atoms with E-state index in [2.05, 4.69) is 55.1 Å². The number of furan rings is 1. The molecule has 0 saturated carbocycles. The lowest BCUT2D eigenvalue weighted by atomic mass is 9.88. The van der Waals surface area contributed by atoms with E-state index in [-0.39, 0.29) is 5.91 Å². The first-order valence-corrected chi connectivity index (χ1v) is 10.0. The molecule has 0 N–H and O–H groups in total. The second-order valence-corrected chi connectivity index (χ2v) is 8.30. The molecule has 1 aliphatic heterocycles. The van der Waals surface area contributed by atoms with Crippen molar-refractivity contribution < 1.29 is 9.21 Å². The minimum absolute atomic E-state index is 0.177. The predicted molar refractivity (Wildman–Crippen MR) is 108 cm³/mol. The molecule has 0 spiro atoms. The van der Waals surface area contributed by atoms with Crippen LogP contribution in [-0.2, 0) is 11.3 Å². The molecule has 0 unspecified atom stereocenters. The minimum atomic E-state index is 0.177. The molecule has 0 aliphatic carbocycles. The van der Waals surface area contributed by atoms with Crippen molar-refractivity contribution in [1.29, 1.82) is 0 Å². The first-order chi connectivity index (χ1) is 12.9. The molecular formula is C23H32N2O2. The molecule has 2 aromatic rings. The molecule has 1 saturated heterocycles. The van der Waals surface area contributed by atoms with Gasteiger partial charge in [0.15, 0.2) is 0 Å². The van der Waals surface area contributed by atoms with Gasteiger partial charge in [-0.3, -0.25) is 9.69 Å². The summed E-state index contributed by atoms with van der Waals surface area (Å²) >= 11 is 0. The smallest absolute Gasteiger partial charge is 0.219 e. The van der Waals surface area contributed by atoms with Gasteiger partial charge >= 0.3 is 0 Å². The topological polar surface area (TPSA) is 36.7 Å². The van der Waals surface area contributed by atoms with E-state index in [1.807, 2.05) is 17.9 Å². The summed E-state index contributed by atoms with van der Waals surface area (Å²) < 4.78 is 5.79. The zero-order chi connectivity index (χ0) is 19.4. The summed E-state index contributed by atoms with van der Waals surface area (Å²) in [6.45, 7) is 12.5. The number of aryl methyl sites for hydroxylation is 1. The van der Waals surface area contributed by atoms with E-state index >= 15 is 0 Å². The highest BCUT2D eigenvalue weighted by atomic mass is 16.3. The van der Waals surface area contributed by atoms with Crippen LogP contribution >= 0.6 is 0 Å². The van der Waals surface area contributed by atoms with E-state index in [0.717, 1.165) is 44.2 Å². The molecule has 1 aromatic carbocycles. The van der Waals surface area contributed by atoms with Crippen molar-refractivity contribution in [3.05, 3.63) is 59.5 Å². The average molecular weight is 369 g/mol. The van der Waals surface area contributed by atoms with Crippen LogP contribution in [0.2, 0.25) is 0 Å². The summed E-state index contributed by atoms with van der Waals surface area (Å²) in [7, 11) is 0. The summed E-state index contributed by atoms with van der Waals surface area (Å²) in [5.41, 5.74) is 1.37. The van der Waals surface area contributed by atoms with E-state index < -0.39 is 0 Å². The van der Waals surface area contributed by atoms with Crippen molar-refractivity contribution in [3.8, 4) is 0 Å². The van der Waals surface area contributed by atoms with Crippen molar-refractivity contribution in [1.82, 2.24) is 9.80 Å². The van der Waals surface area contributed by atoms with Gasteiger partial charge in [0.2, 0.25) is 5.91 Å². The minimum Gasteiger partial charge on any atom is -0.465 e. The lowest BCUT2D eigenvalue weighted by molar-refractivity contribution is -0.130. The van der Waals surface area contributed by atoms with Gasteiger partial charge in [0.25, 0.3) is 0 Å². The number of benzene rings is 1. The SMILES string of the molecule is CC(=O)N(CC(C)C)C[C@@H]1CN(Cc2ccc(C)o2)C[C@H]1c1ccccc1. The summed E-state index contributed by atoms with van der Waals surface area (Å²) in [4.78, 5) is 16.7.